The Labute approximate surface area is 112 Å². The van der Waals surface area contributed by atoms with Crippen LogP contribution in [0.1, 0.15) is 18.2 Å². The SMILES string of the molecule is CCc1nn(-c2ccccc2F)c(OC)c1CCN. The Morgan fingerprint density at radius 1 is 1.37 bits per heavy atom. The van der Waals surface area contributed by atoms with Gasteiger partial charge in [0.15, 0.2) is 0 Å². The molecule has 0 fully saturated rings. The Balaban J connectivity index is 2.60. The van der Waals surface area contributed by atoms with Gasteiger partial charge in [0, 0.05) is 5.56 Å². The number of aryl methyl sites for hydroxylation is 1. The molecule has 1 aromatic heterocycles. The molecule has 0 bridgehead atoms. The summed E-state index contributed by atoms with van der Waals surface area (Å²) >= 11 is 0. The summed E-state index contributed by atoms with van der Waals surface area (Å²) in [7, 11) is 1.56. The van der Waals surface area contributed by atoms with Gasteiger partial charge in [-0.05, 0) is 31.5 Å². The largest absolute Gasteiger partial charge is 0.481 e. The number of hydrogen-bond donors (Lipinski definition) is 1. The second kappa shape index (κ2) is 5.84. The van der Waals surface area contributed by atoms with Gasteiger partial charge in [0.25, 0.3) is 0 Å². The van der Waals surface area contributed by atoms with Gasteiger partial charge in [0.05, 0.1) is 12.8 Å². The minimum Gasteiger partial charge on any atom is -0.481 e. The van der Waals surface area contributed by atoms with Gasteiger partial charge in [-0.1, -0.05) is 19.1 Å². The Bertz CT molecular complexity index is 566. The summed E-state index contributed by atoms with van der Waals surface area (Å²) in [5.74, 6) is 0.234. The molecule has 1 heterocycles. The van der Waals surface area contributed by atoms with Crippen molar-refractivity contribution in [1.29, 1.82) is 0 Å². The van der Waals surface area contributed by atoms with Crippen LogP contribution in [0.25, 0.3) is 5.69 Å². The van der Waals surface area contributed by atoms with E-state index in [1.165, 1.54) is 10.7 Å². The summed E-state index contributed by atoms with van der Waals surface area (Å²) in [5, 5.41) is 4.45. The molecule has 2 aromatic rings. The topological polar surface area (TPSA) is 53.1 Å². The molecule has 2 rings (SSSR count). The third-order valence-electron chi connectivity index (χ3n) is 3.02. The third-order valence-corrected chi connectivity index (χ3v) is 3.02. The number of ether oxygens (including phenoxy) is 1. The zero-order chi connectivity index (χ0) is 13.8. The fourth-order valence-corrected chi connectivity index (χ4v) is 2.15. The molecule has 0 saturated carbocycles. The quantitative estimate of drug-likeness (QED) is 0.898. The Kier molecular flexibility index (Phi) is 4.16. The van der Waals surface area contributed by atoms with E-state index < -0.39 is 0 Å². The molecule has 0 atom stereocenters. The van der Waals surface area contributed by atoms with Crippen molar-refractivity contribution in [3.05, 3.63) is 41.3 Å². The molecule has 4 nitrogen and oxygen atoms in total. The van der Waals surface area contributed by atoms with E-state index in [0.29, 0.717) is 24.5 Å². The van der Waals surface area contributed by atoms with Crippen LogP contribution < -0.4 is 10.5 Å². The Hall–Kier alpha value is -1.88. The van der Waals surface area contributed by atoms with Gasteiger partial charge in [-0.15, -0.1) is 0 Å². The van der Waals surface area contributed by atoms with Gasteiger partial charge in [-0.3, -0.25) is 0 Å². The molecular formula is C14H18FN3O. The molecule has 0 radical (unpaired) electrons. The summed E-state index contributed by atoms with van der Waals surface area (Å²) in [6.07, 6.45) is 1.42. The minimum atomic E-state index is -0.328. The minimum absolute atomic E-state index is 0.328. The van der Waals surface area contributed by atoms with Crippen LogP contribution in [0, 0.1) is 5.82 Å². The summed E-state index contributed by atoms with van der Waals surface area (Å²) in [6, 6.07) is 6.51. The van der Waals surface area contributed by atoms with Crippen LogP contribution in [-0.4, -0.2) is 23.4 Å². The maximum absolute atomic E-state index is 13.9. The maximum atomic E-state index is 13.9. The van der Waals surface area contributed by atoms with Crippen molar-refractivity contribution < 1.29 is 9.13 Å². The summed E-state index contributed by atoms with van der Waals surface area (Å²) in [6.45, 7) is 2.51. The van der Waals surface area contributed by atoms with Crippen LogP contribution in [-0.2, 0) is 12.8 Å². The summed E-state index contributed by atoms with van der Waals surface area (Å²) in [4.78, 5) is 0. The van der Waals surface area contributed by atoms with Gasteiger partial charge in [0.2, 0.25) is 5.88 Å². The van der Waals surface area contributed by atoms with Crippen molar-refractivity contribution in [3.63, 3.8) is 0 Å². The van der Waals surface area contributed by atoms with Crippen molar-refractivity contribution in [1.82, 2.24) is 9.78 Å². The highest BCUT2D eigenvalue weighted by molar-refractivity contribution is 5.42. The van der Waals surface area contributed by atoms with Crippen LogP contribution in [0.15, 0.2) is 24.3 Å². The van der Waals surface area contributed by atoms with Crippen molar-refractivity contribution in [2.45, 2.75) is 19.8 Å². The lowest BCUT2D eigenvalue weighted by atomic mass is 10.1. The van der Waals surface area contributed by atoms with Gasteiger partial charge in [-0.2, -0.15) is 9.78 Å². The number of para-hydroxylation sites is 1. The van der Waals surface area contributed by atoms with Crippen molar-refractivity contribution in [2.75, 3.05) is 13.7 Å². The lowest BCUT2D eigenvalue weighted by Crippen LogP contribution is -2.06. The molecule has 0 spiro atoms. The normalized spacial score (nSPS) is 10.7. The molecule has 19 heavy (non-hydrogen) atoms. The van der Waals surface area contributed by atoms with E-state index in [1.54, 1.807) is 25.3 Å². The Morgan fingerprint density at radius 3 is 2.68 bits per heavy atom. The van der Waals surface area contributed by atoms with E-state index in [9.17, 15) is 4.39 Å². The molecule has 0 aliphatic heterocycles. The number of benzene rings is 1. The van der Waals surface area contributed by atoms with E-state index in [2.05, 4.69) is 5.10 Å². The average Bonchev–Trinajstić information content (AvgIpc) is 2.77. The molecule has 0 aliphatic carbocycles. The van der Waals surface area contributed by atoms with Gasteiger partial charge >= 0.3 is 0 Å². The zero-order valence-electron chi connectivity index (χ0n) is 11.2. The molecular weight excluding hydrogens is 245 g/mol. The first-order chi connectivity index (χ1) is 9.22. The first-order valence-electron chi connectivity index (χ1n) is 6.32. The van der Waals surface area contributed by atoms with Crippen molar-refractivity contribution in [3.8, 4) is 11.6 Å². The van der Waals surface area contributed by atoms with Crippen LogP contribution in [0.4, 0.5) is 4.39 Å². The summed E-state index contributed by atoms with van der Waals surface area (Å²) < 4.78 is 20.8. The predicted molar refractivity (Wildman–Crippen MR) is 72.2 cm³/mol. The van der Waals surface area contributed by atoms with Crippen molar-refractivity contribution in [2.24, 2.45) is 5.73 Å². The molecule has 2 N–H and O–H groups in total. The maximum Gasteiger partial charge on any atom is 0.220 e. The highest BCUT2D eigenvalue weighted by Gasteiger charge is 2.19. The zero-order valence-corrected chi connectivity index (χ0v) is 11.2. The number of nitrogens with two attached hydrogens (primary N) is 1. The average molecular weight is 263 g/mol. The molecule has 102 valence electrons. The molecule has 0 saturated heterocycles. The van der Waals surface area contributed by atoms with Crippen molar-refractivity contribution >= 4 is 0 Å². The predicted octanol–water partition coefficient (Wildman–Crippen LogP) is 2.08. The van der Waals surface area contributed by atoms with E-state index in [4.69, 9.17) is 10.5 Å². The van der Waals surface area contributed by atoms with Crippen LogP contribution in [0.3, 0.4) is 0 Å². The molecule has 0 amide bonds. The number of aromatic nitrogens is 2. The molecule has 5 heteroatoms. The number of rotatable bonds is 5. The van der Waals surface area contributed by atoms with Crippen LogP contribution in [0.2, 0.25) is 0 Å². The van der Waals surface area contributed by atoms with Crippen LogP contribution in [0.5, 0.6) is 5.88 Å². The van der Waals surface area contributed by atoms with Crippen LogP contribution >= 0.6 is 0 Å². The fourth-order valence-electron chi connectivity index (χ4n) is 2.15. The third kappa shape index (κ3) is 2.46. The standard InChI is InChI=1S/C14H18FN3O/c1-3-12-10(8-9-16)14(19-2)18(17-12)13-7-5-4-6-11(13)15/h4-7H,3,8-9,16H2,1-2H3. The molecule has 1 aromatic carbocycles. The van der Waals surface area contributed by atoms with E-state index in [1.807, 2.05) is 6.92 Å². The van der Waals surface area contributed by atoms with Gasteiger partial charge in [0.1, 0.15) is 11.5 Å². The smallest absolute Gasteiger partial charge is 0.220 e. The second-order valence-electron chi connectivity index (χ2n) is 4.19. The lowest BCUT2D eigenvalue weighted by molar-refractivity contribution is 0.377. The fraction of sp³-hybridized carbons (Fsp3) is 0.357. The highest BCUT2D eigenvalue weighted by atomic mass is 19.1. The van der Waals surface area contributed by atoms with Gasteiger partial charge in [-0.25, -0.2) is 4.39 Å². The Morgan fingerprint density at radius 2 is 2.11 bits per heavy atom. The number of hydrogen-bond acceptors (Lipinski definition) is 3. The summed E-state index contributed by atoms with van der Waals surface area (Å²) in [5.41, 5.74) is 7.85. The second-order valence-corrected chi connectivity index (χ2v) is 4.19. The monoisotopic (exact) mass is 263 g/mol. The van der Waals surface area contributed by atoms with E-state index in [-0.39, 0.29) is 5.82 Å². The number of halogens is 1. The molecule has 0 unspecified atom stereocenters. The van der Waals surface area contributed by atoms with E-state index in [0.717, 1.165) is 17.7 Å². The molecule has 0 aliphatic rings. The first kappa shape index (κ1) is 13.5. The van der Waals surface area contributed by atoms with Gasteiger partial charge < -0.3 is 10.5 Å². The first-order valence-corrected chi connectivity index (χ1v) is 6.32. The number of nitrogens with zero attached hydrogens (tertiary/aromatic N) is 2. The highest BCUT2D eigenvalue weighted by Crippen LogP contribution is 2.27. The van der Waals surface area contributed by atoms with E-state index >= 15 is 0 Å². The lowest BCUT2D eigenvalue weighted by Gasteiger charge is -2.08. The number of methoxy groups -OCH3 is 1.